The molecule has 0 aliphatic carbocycles. The highest BCUT2D eigenvalue weighted by Gasteiger charge is 2.28. The van der Waals surface area contributed by atoms with E-state index in [0.29, 0.717) is 24.5 Å². The maximum absolute atomic E-state index is 12.8. The quantitative estimate of drug-likeness (QED) is 0.811. The van der Waals surface area contributed by atoms with E-state index in [1.165, 1.54) is 12.8 Å². The van der Waals surface area contributed by atoms with Gasteiger partial charge < -0.3 is 19.9 Å². The monoisotopic (exact) mass is 410 g/mol. The van der Waals surface area contributed by atoms with Crippen LogP contribution in [0.2, 0.25) is 0 Å². The number of hydrogen-bond donors (Lipinski definition) is 1. The molecule has 0 saturated carbocycles. The van der Waals surface area contributed by atoms with Gasteiger partial charge in [0.25, 0.3) is 0 Å². The number of piperidine rings is 1. The normalized spacial score (nSPS) is 19.8. The molecule has 30 heavy (non-hydrogen) atoms. The van der Waals surface area contributed by atoms with E-state index < -0.39 is 0 Å². The van der Waals surface area contributed by atoms with E-state index in [1.807, 2.05) is 30.3 Å². The summed E-state index contributed by atoms with van der Waals surface area (Å²) in [5.74, 6) is 1.20. The van der Waals surface area contributed by atoms with Gasteiger partial charge in [0.1, 0.15) is 0 Å². The molecule has 2 saturated heterocycles. The zero-order chi connectivity index (χ0) is 20.8. The summed E-state index contributed by atoms with van der Waals surface area (Å²) >= 11 is 0. The Morgan fingerprint density at radius 1 is 0.933 bits per heavy atom. The van der Waals surface area contributed by atoms with Crippen molar-refractivity contribution in [2.45, 2.75) is 38.5 Å². The molecule has 1 amide bonds. The van der Waals surface area contributed by atoms with E-state index in [0.717, 1.165) is 51.0 Å². The first kappa shape index (κ1) is 20.4. The minimum absolute atomic E-state index is 0.0414. The molecular formula is C22H30N6O2. The number of methoxy groups -OCH3 is 1. The summed E-state index contributed by atoms with van der Waals surface area (Å²) in [4.78, 5) is 30.9. The topological polar surface area (TPSA) is 83.5 Å². The Kier molecular flexibility index (Phi) is 6.61. The van der Waals surface area contributed by atoms with Gasteiger partial charge in [0.15, 0.2) is 0 Å². The van der Waals surface area contributed by atoms with E-state index in [1.54, 1.807) is 7.11 Å². The molecule has 8 nitrogen and oxygen atoms in total. The van der Waals surface area contributed by atoms with Crippen molar-refractivity contribution in [3.05, 3.63) is 30.3 Å². The number of rotatable bonds is 5. The van der Waals surface area contributed by atoms with Crippen molar-refractivity contribution in [1.82, 2.24) is 15.0 Å². The number of anilines is 3. The predicted octanol–water partition coefficient (Wildman–Crippen LogP) is 3.12. The summed E-state index contributed by atoms with van der Waals surface area (Å²) in [5.41, 5.74) is 0.824. The minimum atomic E-state index is -0.108. The first-order chi connectivity index (χ1) is 14.7. The van der Waals surface area contributed by atoms with Gasteiger partial charge in [-0.05, 0) is 37.8 Å². The van der Waals surface area contributed by atoms with Gasteiger partial charge in [0, 0.05) is 31.9 Å². The molecule has 1 atom stereocenters. The van der Waals surface area contributed by atoms with Crippen LogP contribution in [0.4, 0.5) is 17.6 Å². The second kappa shape index (κ2) is 9.73. The molecule has 2 aliphatic heterocycles. The van der Waals surface area contributed by atoms with Crippen LogP contribution in [0.5, 0.6) is 6.01 Å². The van der Waals surface area contributed by atoms with Crippen molar-refractivity contribution < 1.29 is 9.53 Å². The number of benzene rings is 1. The average Bonchev–Trinajstić information content (AvgIpc) is 3.09. The number of carbonyl (C=O) groups is 1. The Bertz CT molecular complexity index is 839. The SMILES string of the molecule is COc1nc(N2CCCCCC2)nc(N2CCCC(C(=O)Nc3ccccc3)C2)n1. The number of aromatic nitrogens is 3. The number of para-hydroxylation sites is 1. The van der Waals surface area contributed by atoms with Crippen LogP contribution < -0.4 is 19.9 Å². The van der Waals surface area contributed by atoms with E-state index >= 15 is 0 Å². The molecule has 1 aromatic carbocycles. The Morgan fingerprint density at radius 2 is 1.60 bits per heavy atom. The van der Waals surface area contributed by atoms with Crippen LogP contribution in [-0.2, 0) is 4.79 Å². The molecule has 0 spiro atoms. The van der Waals surface area contributed by atoms with Gasteiger partial charge >= 0.3 is 6.01 Å². The van der Waals surface area contributed by atoms with Crippen molar-refractivity contribution in [2.75, 3.05) is 48.4 Å². The van der Waals surface area contributed by atoms with Gasteiger partial charge in [-0.25, -0.2) is 0 Å². The van der Waals surface area contributed by atoms with Crippen LogP contribution in [0.25, 0.3) is 0 Å². The third-order valence-corrected chi connectivity index (χ3v) is 5.78. The number of nitrogens with one attached hydrogen (secondary N) is 1. The average molecular weight is 411 g/mol. The highest BCUT2D eigenvalue weighted by atomic mass is 16.5. The lowest BCUT2D eigenvalue weighted by Crippen LogP contribution is -2.42. The standard InChI is InChI=1S/C22H30N6O2/c1-30-22-25-20(27-13-7-2-3-8-14-27)24-21(26-22)28-15-9-10-17(16-28)19(29)23-18-11-5-4-6-12-18/h4-6,11-12,17H,2-3,7-10,13-16H2,1H3,(H,23,29). The first-order valence-corrected chi connectivity index (χ1v) is 10.9. The number of hydrogen-bond acceptors (Lipinski definition) is 7. The number of amides is 1. The lowest BCUT2D eigenvalue weighted by molar-refractivity contribution is -0.120. The van der Waals surface area contributed by atoms with Gasteiger partial charge in [0.2, 0.25) is 17.8 Å². The Labute approximate surface area is 177 Å². The molecule has 0 bridgehead atoms. The fraction of sp³-hybridized carbons (Fsp3) is 0.545. The summed E-state index contributed by atoms with van der Waals surface area (Å²) < 4.78 is 5.37. The number of ether oxygens (including phenoxy) is 1. The second-order valence-electron chi connectivity index (χ2n) is 7.96. The maximum Gasteiger partial charge on any atom is 0.322 e. The Hall–Kier alpha value is -2.90. The summed E-state index contributed by atoms with van der Waals surface area (Å²) in [7, 11) is 1.58. The van der Waals surface area contributed by atoms with Crippen molar-refractivity contribution in [3.63, 3.8) is 0 Å². The largest absolute Gasteiger partial charge is 0.467 e. The fourth-order valence-corrected chi connectivity index (χ4v) is 4.12. The Balaban J connectivity index is 1.49. The second-order valence-corrected chi connectivity index (χ2v) is 7.96. The third kappa shape index (κ3) is 4.98. The van der Waals surface area contributed by atoms with Gasteiger partial charge in [-0.1, -0.05) is 31.0 Å². The minimum Gasteiger partial charge on any atom is -0.467 e. The molecule has 2 aromatic rings. The smallest absolute Gasteiger partial charge is 0.322 e. The van der Waals surface area contributed by atoms with Crippen molar-refractivity contribution in [2.24, 2.45) is 5.92 Å². The molecule has 3 heterocycles. The van der Waals surface area contributed by atoms with Crippen molar-refractivity contribution in [3.8, 4) is 6.01 Å². The van der Waals surface area contributed by atoms with E-state index in [-0.39, 0.29) is 11.8 Å². The fourth-order valence-electron chi connectivity index (χ4n) is 4.12. The van der Waals surface area contributed by atoms with Crippen molar-refractivity contribution >= 4 is 23.5 Å². The summed E-state index contributed by atoms with van der Waals surface area (Å²) in [6.45, 7) is 3.32. The van der Waals surface area contributed by atoms with Gasteiger partial charge in [-0.15, -0.1) is 0 Å². The highest BCUT2D eigenvalue weighted by molar-refractivity contribution is 5.93. The molecule has 8 heteroatoms. The van der Waals surface area contributed by atoms with Crippen LogP contribution in [0.15, 0.2) is 30.3 Å². The number of nitrogens with zero attached hydrogens (tertiary/aromatic N) is 5. The molecule has 2 fully saturated rings. The molecular weight excluding hydrogens is 380 g/mol. The molecule has 2 aliphatic rings. The van der Waals surface area contributed by atoms with E-state index in [2.05, 4.69) is 25.1 Å². The molecule has 4 rings (SSSR count). The molecule has 1 aromatic heterocycles. The van der Waals surface area contributed by atoms with Gasteiger partial charge in [-0.2, -0.15) is 15.0 Å². The van der Waals surface area contributed by atoms with Crippen LogP contribution in [0, 0.1) is 5.92 Å². The van der Waals surface area contributed by atoms with Gasteiger partial charge in [0.05, 0.1) is 13.0 Å². The van der Waals surface area contributed by atoms with E-state index in [9.17, 15) is 4.79 Å². The molecule has 1 N–H and O–H groups in total. The van der Waals surface area contributed by atoms with E-state index in [4.69, 9.17) is 9.72 Å². The Morgan fingerprint density at radius 3 is 2.30 bits per heavy atom. The lowest BCUT2D eigenvalue weighted by Gasteiger charge is -2.32. The van der Waals surface area contributed by atoms with Crippen LogP contribution >= 0.6 is 0 Å². The maximum atomic E-state index is 12.8. The number of carbonyl (C=O) groups excluding carboxylic acids is 1. The zero-order valence-corrected chi connectivity index (χ0v) is 17.6. The third-order valence-electron chi connectivity index (χ3n) is 5.78. The van der Waals surface area contributed by atoms with Crippen LogP contribution in [0.1, 0.15) is 38.5 Å². The molecule has 160 valence electrons. The highest BCUT2D eigenvalue weighted by Crippen LogP contribution is 2.25. The zero-order valence-electron chi connectivity index (χ0n) is 17.6. The van der Waals surface area contributed by atoms with Crippen LogP contribution in [0.3, 0.4) is 0 Å². The predicted molar refractivity (Wildman–Crippen MR) is 117 cm³/mol. The first-order valence-electron chi connectivity index (χ1n) is 10.9. The van der Waals surface area contributed by atoms with Crippen LogP contribution in [-0.4, -0.2) is 54.1 Å². The van der Waals surface area contributed by atoms with Crippen molar-refractivity contribution in [1.29, 1.82) is 0 Å². The summed E-state index contributed by atoms with van der Waals surface area (Å²) in [6.07, 6.45) is 6.56. The van der Waals surface area contributed by atoms with Gasteiger partial charge in [-0.3, -0.25) is 4.79 Å². The summed E-state index contributed by atoms with van der Waals surface area (Å²) in [5, 5.41) is 3.02. The molecule has 0 radical (unpaired) electrons. The molecule has 1 unspecified atom stereocenters. The lowest BCUT2D eigenvalue weighted by atomic mass is 9.97. The summed E-state index contributed by atoms with van der Waals surface area (Å²) in [6, 6.07) is 9.92.